The van der Waals surface area contributed by atoms with Gasteiger partial charge in [-0.25, -0.2) is 14.4 Å². The van der Waals surface area contributed by atoms with E-state index in [1.165, 1.54) is 35.9 Å². The topological polar surface area (TPSA) is 105 Å². The van der Waals surface area contributed by atoms with Gasteiger partial charge < -0.3 is 21.1 Å². The van der Waals surface area contributed by atoms with Crippen LogP contribution in [-0.4, -0.2) is 47.1 Å². The Hall–Kier alpha value is -3.31. The minimum Gasteiger partial charge on any atom is -0.397 e. The molecule has 0 spiro atoms. The number of nitrogens with one attached hydrogen (secondary N) is 2. The Morgan fingerprint density at radius 1 is 1.14 bits per heavy atom. The molecular formula is C24H22ClFN6O2S. The number of nitrogens with two attached hydrogens (primary N) is 1. The lowest BCUT2D eigenvalue weighted by molar-refractivity contribution is 0.0342. The molecule has 2 aromatic carbocycles. The Morgan fingerprint density at radius 3 is 2.63 bits per heavy atom. The molecule has 0 atom stereocenters. The predicted molar refractivity (Wildman–Crippen MR) is 137 cm³/mol. The van der Waals surface area contributed by atoms with Crippen LogP contribution in [0.2, 0.25) is 5.02 Å². The molecule has 1 aliphatic heterocycles. The summed E-state index contributed by atoms with van der Waals surface area (Å²) in [4.78, 5) is 24.8. The van der Waals surface area contributed by atoms with E-state index in [0.717, 1.165) is 38.4 Å². The van der Waals surface area contributed by atoms with Crippen LogP contribution < -0.4 is 16.4 Å². The van der Waals surface area contributed by atoms with Crippen molar-refractivity contribution in [2.75, 3.05) is 42.7 Å². The van der Waals surface area contributed by atoms with Crippen LogP contribution in [0.1, 0.15) is 15.2 Å². The number of nitrogens with zero attached hydrogens (tertiary/aromatic N) is 3. The van der Waals surface area contributed by atoms with Gasteiger partial charge in [-0.3, -0.25) is 9.69 Å². The average molecular weight is 513 g/mol. The number of amides is 1. The van der Waals surface area contributed by atoms with Crippen molar-refractivity contribution in [2.24, 2.45) is 0 Å². The number of aromatic nitrogens is 2. The summed E-state index contributed by atoms with van der Waals surface area (Å²) in [6, 6.07) is 12.0. The minimum absolute atomic E-state index is 0.0189. The summed E-state index contributed by atoms with van der Waals surface area (Å²) in [6.45, 7) is 4.18. The van der Waals surface area contributed by atoms with Crippen molar-refractivity contribution in [3.63, 3.8) is 0 Å². The third kappa shape index (κ3) is 5.20. The van der Waals surface area contributed by atoms with Gasteiger partial charge in [0.15, 0.2) is 0 Å². The van der Waals surface area contributed by atoms with Crippen LogP contribution >= 0.6 is 22.9 Å². The van der Waals surface area contributed by atoms with Gasteiger partial charge in [-0.15, -0.1) is 11.3 Å². The molecule has 3 heterocycles. The summed E-state index contributed by atoms with van der Waals surface area (Å²) >= 11 is 7.06. The van der Waals surface area contributed by atoms with Gasteiger partial charge in [-0.2, -0.15) is 0 Å². The molecule has 0 saturated carbocycles. The first kappa shape index (κ1) is 23.4. The van der Waals surface area contributed by atoms with Crippen LogP contribution in [0.15, 0.2) is 48.8 Å². The molecule has 5 rings (SSSR count). The van der Waals surface area contributed by atoms with Gasteiger partial charge >= 0.3 is 0 Å². The molecular weight excluding hydrogens is 491 g/mol. The molecule has 1 saturated heterocycles. The lowest BCUT2D eigenvalue weighted by Crippen LogP contribution is -2.35. The summed E-state index contributed by atoms with van der Waals surface area (Å²) in [7, 11) is 0. The molecule has 0 bridgehead atoms. The quantitative estimate of drug-likeness (QED) is 0.337. The van der Waals surface area contributed by atoms with Crippen molar-refractivity contribution >= 4 is 61.9 Å². The Labute approximate surface area is 209 Å². The molecule has 1 fully saturated rings. The Balaban J connectivity index is 1.33. The molecule has 180 valence electrons. The third-order valence-electron chi connectivity index (χ3n) is 5.64. The number of halogens is 2. The largest absolute Gasteiger partial charge is 0.397 e. The number of ether oxygens (including phenoxy) is 1. The number of morpholine rings is 1. The van der Waals surface area contributed by atoms with E-state index in [0.29, 0.717) is 32.3 Å². The first-order valence-electron chi connectivity index (χ1n) is 10.9. The summed E-state index contributed by atoms with van der Waals surface area (Å²) in [5.41, 5.74) is 8.99. The fourth-order valence-electron chi connectivity index (χ4n) is 3.83. The number of fused-ring (bicyclic) bond motifs is 1. The van der Waals surface area contributed by atoms with Gasteiger partial charge in [0.2, 0.25) is 0 Å². The monoisotopic (exact) mass is 512 g/mol. The molecule has 1 amide bonds. The van der Waals surface area contributed by atoms with Crippen LogP contribution in [0.4, 0.5) is 27.3 Å². The van der Waals surface area contributed by atoms with E-state index in [2.05, 4.69) is 25.5 Å². The fraction of sp³-hybridized carbons (Fsp3) is 0.208. The predicted octanol–water partition coefficient (Wildman–Crippen LogP) is 4.89. The van der Waals surface area contributed by atoms with E-state index < -0.39 is 5.82 Å². The zero-order valence-corrected chi connectivity index (χ0v) is 20.1. The SMILES string of the molecule is Nc1c(C(=O)Nc2ccc(CN3CCOCC3)cc2)sc2ncnc(Nc3ccc(F)c(Cl)c3)c12. The van der Waals surface area contributed by atoms with E-state index in [-0.39, 0.29) is 16.6 Å². The molecule has 4 aromatic rings. The molecule has 0 radical (unpaired) electrons. The first-order chi connectivity index (χ1) is 17.0. The molecule has 4 N–H and O–H groups in total. The summed E-state index contributed by atoms with van der Waals surface area (Å²) in [5.74, 6) is -0.451. The van der Waals surface area contributed by atoms with E-state index in [1.54, 1.807) is 0 Å². The van der Waals surface area contributed by atoms with Crippen molar-refractivity contribution in [3.8, 4) is 0 Å². The number of carbonyl (C=O) groups is 1. The summed E-state index contributed by atoms with van der Waals surface area (Å²) in [6.07, 6.45) is 1.38. The van der Waals surface area contributed by atoms with Gasteiger partial charge in [0, 0.05) is 31.0 Å². The number of nitrogen functional groups attached to an aromatic ring is 1. The molecule has 11 heteroatoms. The molecule has 0 unspecified atom stereocenters. The smallest absolute Gasteiger partial charge is 0.267 e. The van der Waals surface area contributed by atoms with Gasteiger partial charge in [-0.1, -0.05) is 23.7 Å². The highest BCUT2D eigenvalue weighted by Gasteiger charge is 2.21. The zero-order chi connectivity index (χ0) is 24.4. The average Bonchev–Trinajstić information content (AvgIpc) is 3.21. The Morgan fingerprint density at radius 2 is 1.89 bits per heavy atom. The van der Waals surface area contributed by atoms with Crippen LogP contribution in [0.25, 0.3) is 10.2 Å². The fourth-order valence-corrected chi connectivity index (χ4v) is 4.97. The van der Waals surface area contributed by atoms with Gasteiger partial charge in [0.1, 0.15) is 27.7 Å². The Bertz CT molecular complexity index is 1370. The number of thiophene rings is 1. The zero-order valence-electron chi connectivity index (χ0n) is 18.6. The van der Waals surface area contributed by atoms with Crippen molar-refractivity contribution in [3.05, 3.63) is 70.1 Å². The number of benzene rings is 2. The van der Waals surface area contributed by atoms with Crippen molar-refractivity contribution in [1.29, 1.82) is 0 Å². The summed E-state index contributed by atoms with van der Waals surface area (Å²) in [5, 5.41) is 6.48. The van der Waals surface area contributed by atoms with Crippen LogP contribution in [0.5, 0.6) is 0 Å². The second-order valence-electron chi connectivity index (χ2n) is 8.04. The standard InChI is InChI=1S/C24H22ClFN6O2S/c25-17-11-16(5-6-18(17)26)30-22-19-20(27)21(35-24(19)29-13-28-22)23(33)31-15-3-1-14(2-4-15)12-32-7-9-34-10-8-32/h1-6,11,13H,7-10,12,27H2,(H,31,33)(H,28,29,30). The summed E-state index contributed by atoms with van der Waals surface area (Å²) < 4.78 is 18.9. The number of hydrogen-bond acceptors (Lipinski definition) is 8. The van der Waals surface area contributed by atoms with Gasteiger partial charge in [0.05, 0.1) is 29.3 Å². The van der Waals surface area contributed by atoms with Crippen molar-refractivity contribution < 1.29 is 13.9 Å². The Kier molecular flexibility index (Phi) is 6.78. The van der Waals surface area contributed by atoms with E-state index in [9.17, 15) is 9.18 Å². The first-order valence-corrected chi connectivity index (χ1v) is 12.1. The van der Waals surface area contributed by atoms with E-state index in [4.69, 9.17) is 22.1 Å². The maximum absolute atomic E-state index is 13.5. The highest BCUT2D eigenvalue weighted by molar-refractivity contribution is 7.21. The van der Waals surface area contributed by atoms with Crippen molar-refractivity contribution in [2.45, 2.75) is 6.54 Å². The number of anilines is 4. The van der Waals surface area contributed by atoms with Crippen molar-refractivity contribution in [1.82, 2.24) is 14.9 Å². The highest BCUT2D eigenvalue weighted by atomic mass is 35.5. The van der Waals surface area contributed by atoms with Crippen LogP contribution in [0, 0.1) is 5.82 Å². The normalized spacial score (nSPS) is 14.2. The molecule has 2 aromatic heterocycles. The maximum atomic E-state index is 13.5. The number of rotatable bonds is 6. The molecule has 1 aliphatic rings. The van der Waals surface area contributed by atoms with E-state index in [1.807, 2.05) is 24.3 Å². The number of hydrogen-bond donors (Lipinski definition) is 3. The number of carbonyl (C=O) groups excluding carboxylic acids is 1. The lowest BCUT2D eigenvalue weighted by atomic mass is 10.2. The second-order valence-corrected chi connectivity index (χ2v) is 9.45. The maximum Gasteiger partial charge on any atom is 0.267 e. The van der Waals surface area contributed by atoms with E-state index >= 15 is 0 Å². The molecule has 35 heavy (non-hydrogen) atoms. The van der Waals surface area contributed by atoms with Gasteiger partial charge in [-0.05, 0) is 35.9 Å². The minimum atomic E-state index is -0.520. The van der Waals surface area contributed by atoms with Gasteiger partial charge in [0.25, 0.3) is 5.91 Å². The second kappa shape index (κ2) is 10.1. The lowest BCUT2D eigenvalue weighted by Gasteiger charge is -2.26. The third-order valence-corrected chi connectivity index (χ3v) is 7.04. The highest BCUT2D eigenvalue weighted by Crippen LogP contribution is 2.37. The van der Waals surface area contributed by atoms with Crippen LogP contribution in [-0.2, 0) is 11.3 Å². The van der Waals surface area contributed by atoms with Crippen LogP contribution in [0.3, 0.4) is 0 Å². The molecule has 8 nitrogen and oxygen atoms in total. The molecule has 0 aliphatic carbocycles.